The third-order valence-electron chi connectivity index (χ3n) is 1.52. The number of unbranched alkanes of at least 4 members (excludes halogenated alkanes) is 2. The number of benzene rings is 1. The minimum absolute atomic E-state index is 0.322. The van der Waals surface area contributed by atoms with E-state index in [0.717, 1.165) is 12.8 Å². The van der Waals surface area contributed by atoms with Gasteiger partial charge in [-0.05, 0) is 18.6 Å². The van der Waals surface area contributed by atoms with Crippen LogP contribution in [-0.2, 0) is 0 Å². The number of hydrogen-bond acceptors (Lipinski definition) is 2. The largest absolute Gasteiger partial charge is 0.508 e. The van der Waals surface area contributed by atoms with E-state index in [9.17, 15) is 0 Å². The van der Waals surface area contributed by atoms with Gasteiger partial charge < -0.3 is 10.2 Å². The molecular weight excluding hydrogens is 164 g/mol. The Morgan fingerprint density at radius 1 is 1.08 bits per heavy atom. The molecule has 0 bridgehead atoms. The Hall–Kier alpha value is -1.02. The topological polar surface area (TPSA) is 40.5 Å². The minimum atomic E-state index is 0.322. The highest BCUT2D eigenvalue weighted by Gasteiger charge is 1.76. The maximum absolute atomic E-state index is 8.63. The van der Waals surface area contributed by atoms with Gasteiger partial charge in [-0.25, -0.2) is 0 Å². The summed E-state index contributed by atoms with van der Waals surface area (Å²) in [6.07, 6.45) is 3.33. The zero-order valence-corrected chi connectivity index (χ0v) is 8.11. The van der Waals surface area contributed by atoms with Gasteiger partial charge in [0, 0.05) is 6.61 Å². The van der Waals surface area contributed by atoms with E-state index in [4.69, 9.17) is 10.2 Å². The Bertz CT molecular complexity index is 181. The first-order chi connectivity index (χ1) is 6.31. The number of hydrogen-bond donors (Lipinski definition) is 2. The highest BCUT2D eigenvalue weighted by atomic mass is 16.3. The summed E-state index contributed by atoms with van der Waals surface area (Å²) in [7, 11) is 0. The molecule has 0 spiro atoms. The van der Waals surface area contributed by atoms with Crippen LogP contribution in [0.4, 0.5) is 0 Å². The third-order valence-corrected chi connectivity index (χ3v) is 1.52. The molecule has 1 aromatic carbocycles. The van der Waals surface area contributed by atoms with Crippen molar-refractivity contribution in [2.75, 3.05) is 6.61 Å². The van der Waals surface area contributed by atoms with Gasteiger partial charge in [0.05, 0.1) is 0 Å². The second-order valence-electron chi connectivity index (χ2n) is 2.77. The maximum atomic E-state index is 8.63. The second-order valence-corrected chi connectivity index (χ2v) is 2.77. The lowest BCUT2D eigenvalue weighted by molar-refractivity contribution is 0.284. The summed E-state index contributed by atoms with van der Waals surface area (Å²) in [5.41, 5.74) is 0. The highest BCUT2D eigenvalue weighted by molar-refractivity contribution is 5.18. The lowest BCUT2D eigenvalue weighted by Gasteiger charge is -1.85. The van der Waals surface area contributed by atoms with E-state index in [2.05, 4.69) is 6.92 Å². The monoisotopic (exact) mass is 182 g/mol. The van der Waals surface area contributed by atoms with Crippen molar-refractivity contribution in [2.24, 2.45) is 0 Å². The average Bonchev–Trinajstić information content (AvgIpc) is 2.17. The zero-order valence-electron chi connectivity index (χ0n) is 8.11. The van der Waals surface area contributed by atoms with Crippen LogP contribution >= 0.6 is 0 Å². The SMILES string of the molecule is CCCCCO.Oc1ccccc1. The molecule has 0 radical (unpaired) electrons. The van der Waals surface area contributed by atoms with Crippen LogP contribution in [0.1, 0.15) is 26.2 Å². The van der Waals surface area contributed by atoms with Crippen molar-refractivity contribution in [3.05, 3.63) is 30.3 Å². The lowest BCUT2D eigenvalue weighted by atomic mass is 10.3. The van der Waals surface area contributed by atoms with Gasteiger partial charge in [-0.2, -0.15) is 0 Å². The van der Waals surface area contributed by atoms with Crippen LogP contribution in [0, 0.1) is 0 Å². The van der Waals surface area contributed by atoms with Crippen LogP contribution in [0.2, 0.25) is 0 Å². The molecule has 0 aliphatic rings. The molecular formula is C11H18O2. The fourth-order valence-corrected chi connectivity index (χ4v) is 0.790. The molecule has 2 heteroatoms. The third kappa shape index (κ3) is 8.89. The number of aliphatic hydroxyl groups excluding tert-OH is 1. The fourth-order valence-electron chi connectivity index (χ4n) is 0.790. The summed E-state index contributed by atoms with van der Waals surface area (Å²) < 4.78 is 0. The molecule has 74 valence electrons. The van der Waals surface area contributed by atoms with Crippen molar-refractivity contribution >= 4 is 0 Å². The molecule has 1 aromatic rings. The number of para-hydroxylation sites is 1. The molecule has 0 aliphatic heterocycles. The van der Waals surface area contributed by atoms with Gasteiger partial charge in [0.2, 0.25) is 0 Å². The smallest absolute Gasteiger partial charge is 0.115 e. The number of aliphatic hydroxyl groups is 1. The predicted octanol–water partition coefficient (Wildman–Crippen LogP) is 2.56. The molecule has 0 fully saturated rings. The molecule has 0 heterocycles. The van der Waals surface area contributed by atoms with Gasteiger partial charge >= 0.3 is 0 Å². The molecule has 0 amide bonds. The predicted molar refractivity (Wildman–Crippen MR) is 54.7 cm³/mol. The minimum Gasteiger partial charge on any atom is -0.508 e. The molecule has 0 saturated carbocycles. The first kappa shape index (κ1) is 12.0. The summed E-state index contributed by atoms with van der Waals surface area (Å²) in [6.45, 7) is 2.48. The standard InChI is InChI=1S/C6H6O.C5H12O/c7-6-4-2-1-3-5-6;1-2-3-4-5-6/h1-5,7H;6H,2-5H2,1H3. The summed E-state index contributed by atoms with van der Waals surface area (Å²) in [4.78, 5) is 0. The number of phenols is 1. The van der Waals surface area contributed by atoms with Gasteiger partial charge in [0.25, 0.3) is 0 Å². The van der Waals surface area contributed by atoms with E-state index in [1.165, 1.54) is 6.42 Å². The van der Waals surface area contributed by atoms with Crippen LogP contribution < -0.4 is 0 Å². The molecule has 0 atom stereocenters. The van der Waals surface area contributed by atoms with Gasteiger partial charge in [-0.3, -0.25) is 0 Å². The Balaban J connectivity index is 0.000000226. The van der Waals surface area contributed by atoms with E-state index in [1.807, 2.05) is 6.07 Å². The van der Waals surface area contributed by atoms with Crippen molar-refractivity contribution in [1.82, 2.24) is 0 Å². The summed E-state index contributed by atoms with van der Waals surface area (Å²) in [5, 5.41) is 16.8. The molecule has 0 aromatic heterocycles. The van der Waals surface area contributed by atoms with Crippen molar-refractivity contribution < 1.29 is 10.2 Å². The van der Waals surface area contributed by atoms with Crippen molar-refractivity contribution in [1.29, 1.82) is 0 Å². The zero-order chi connectivity index (χ0) is 9.94. The van der Waals surface area contributed by atoms with Crippen LogP contribution in [0.25, 0.3) is 0 Å². The van der Waals surface area contributed by atoms with Crippen LogP contribution in [0.15, 0.2) is 30.3 Å². The quantitative estimate of drug-likeness (QED) is 0.705. The van der Waals surface area contributed by atoms with Crippen LogP contribution in [0.5, 0.6) is 5.75 Å². The lowest BCUT2D eigenvalue weighted by Crippen LogP contribution is -1.78. The van der Waals surface area contributed by atoms with E-state index >= 15 is 0 Å². The number of aromatic hydroxyl groups is 1. The van der Waals surface area contributed by atoms with Crippen LogP contribution in [-0.4, -0.2) is 16.8 Å². The Kier molecular flexibility index (Phi) is 8.36. The van der Waals surface area contributed by atoms with E-state index in [1.54, 1.807) is 24.3 Å². The van der Waals surface area contributed by atoms with Gasteiger partial charge in [-0.1, -0.05) is 38.0 Å². The summed E-state index contributed by atoms with van der Waals surface area (Å²) in [6, 6.07) is 8.71. The Morgan fingerprint density at radius 3 is 1.92 bits per heavy atom. The van der Waals surface area contributed by atoms with Crippen LogP contribution in [0.3, 0.4) is 0 Å². The first-order valence-corrected chi connectivity index (χ1v) is 4.66. The molecule has 2 N–H and O–H groups in total. The molecule has 13 heavy (non-hydrogen) atoms. The Labute approximate surface area is 79.9 Å². The first-order valence-electron chi connectivity index (χ1n) is 4.66. The molecule has 0 unspecified atom stereocenters. The van der Waals surface area contributed by atoms with Gasteiger partial charge in [0.1, 0.15) is 5.75 Å². The maximum Gasteiger partial charge on any atom is 0.115 e. The normalized spacial score (nSPS) is 8.77. The van der Waals surface area contributed by atoms with Crippen molar-refractivity contribution in [3.63, 3.8) is 0 Å². The molecule has 0 aliphatic carbocycles. The number of rotatable bonds is 3. The summed E-state index contributed by atoms with van der Waals surface area (Å²) >= 11 is 0. The molecule has 2 nitrogen and oxygen atoms in total. The molecule has 0 saturated heterocycles. The molecule has 1 rings (SSSR count). The van der Waals surface area contributed by atoms with Gasteiger partial charge in [-0.15, -0.1) is 0 Å². The number of phenolic OH excluding ortho intramolecular Hbond substituents is 1. The second kappa shape index (κ2) is 9.07. The summed E-state index contributed by atoms with van der Waals surface area (Å²) in [5.74, 6) is 0.322. The van der Waals surface area contributed by atoms with E-state index < -0.39 is 0 Å². The fraction of sp³-hybridized carbons (Fsp3) is 0.455. The van der Waals surface area contributed by atoms with E-state index in [0.29, 0.717) is 12.4 Å². The van der Waals surface area contributed by atoms with Crippen molar-refractivity contribution in [3.8, 4) is 5.75 Å². The highest BCUT2D eigenvalue weighted by Crippen LogP contribution is 2.02. The van der Waals surface area contributed by atoms with Crippen molar-refractivity contribution in [2.45, 2.75) is 26.2 Å². The Morgan fingerprint density at radius 2 is 1.69 bits per heavy atom. The average molecular weight is 182 g/mol. The van der Waals surface area contributed by atoms with E-state index in [-0.39, 0.29) is 0 Å². The van der Waals surface area contributed by atoms with Gasteiger partial charge in [0.15, 0.2) is 0 Å².